The van der Waals surface area contributed by atoms with Gasteiger partial charge in [-0.05, 0) is 48.9 Å². The lowest BCUT2D eigenvalue weighted by Crippen LogP contribution is -2.19. The molecular formula is C20H19BrN2O4S. The Morgan fingerprint density at radius 1 is 1.18 bits per heavy atom. The molecule has 6 nitrogen and oxygen atoms in total. The molecule has 28 heavy (non-hydrogen) atoms. The van der Waals surface area contributed by atoms with E-state index in [1.165, 1.54) is 11.3 Å². The average molecular weight is 463 g/mol. The third-order valence-corrected chi connectivity index (χ3v) is 5.25. The molecule has 0 fully saturated rings. The van der Waals surface area contributed by atoms with E-state index in [4.69, 9.17) is 9.47 Å². The molecule has 3 rings (SSSR count). The number of carbonyl (C=O) groups excluding carboxylic acids is 2. The number of benzene rings is 2. The second kappa shape index (κ2) is 9.66. The maximum atomic E-state index is 12.1. The van der Waals surface area contributed by atoms with Crippen LogP contribution in [0.1, 0.15) is 30.1 Å². The first kappa shape index (κ1) is 20.3. The largest absolute Gasteiger partial charge is 0.484 e. The van der Waals surface area contributed by atoms with Crippen molar-refractivity contribution in [3.63, 3.8) is 0 Å². The number of hydrogen-bond donors (Lipinski definition) is 1. The zero-order valence-corrected chi connectivity index (χ0v) is 17.6. The van der Waals surface area contributed by atoms with E-state index in [1.807, 2.05) is 19.1 Å². The summed E-state index contributed by atoms with van der Waals surface area (Å²) in [4.78, 5) is 28.5. The van der Waals surface area contributed by atoms with Gasteiger partial charge in [-0.25, -0.2) is 9.78 Å². The Bertz CT molecular complexity index is 972. The summed E-state index contributed by atoms with van der Waals surface area (Å²) in [6, 6.07) is 12.4. The first-order valence-electron chi connectivity index (χ1n) is 8.81. The summed E-state index contributed by atoms with van der Waals surface area (Å²) in [6.07, 6.45) is 1.81. The predicted molar refractivity (Wildman–Crippen MR) is 113 cm³/mol. The van der Waals surface area contributed by atoms with Crippen molar-refractivity contribution in [1.29, 1.82) is 0 Å². The number of carbonyl (C=O) groups is 2. The number of anilines is 1. The SMILES string of the molecule is CCCCOC(=O)c1ccc2nc(NC(=O)COc3ccc(Br)cc3)sc2c1. The van der Waals surface area contributed by atoms with Crippen molar-refractivity contribution >= 4 is 54.5 Å². The van der Waals surface area contributed by atoms with E-state index < -0.39 is 0 Å². The van der Waals surface area contributed by atoms with Crippen LogP contribution in [0.2, 0.25) is 0 Å². The van der Waals surface area contributed by atoms with E-state index in [9.17, 15) is 9.59 Å². The zero-order chi connectivity index (χ0) is 19.9. The second-order valence-electron chi connectivity index (χ2n) is 5.98. The van der Waals surface area contributed by atoms with Crippen LogP contribution in [0.3, 0.4) is 0 Å². The third kappa shape index (κ3) is 5.53. The predicted octanol–water partition coefficient (Wildman–Crippen LogP) is 5.03. The fraction of sp³-hybridized carbons (Fsp3) is 0.250. The molecule has 146 valence electrons. The van der Waals surface area contributed by atoms with Gasteiger partial charge >= 0.3 is 5.97 Å². The molecule has 0 saturated carbocycles. The van der Waals surface area contributed by atoms with Gasteiger partial charge in [-0.3, -0.25) is 10.1 Å². The summed E-state index contributed by atoms with van der Waals surface area (Å²) in [5.41, 5.74) is 1.18. The van der Waals surface area contributed by atoms with Crippen molar-refractivity contribution in [2.45, 2.75) is 19.8 Å². The number of aromatic nitrogens is 1. The summed E-state index contributed by atoms with van der Waals surface area (Å²) in [5, 5.41) is 3.18. The van der Waals surface area contributed by atoms with E-state index in [1.54, 1.807) is 30.3 Å². The third-order valence-electron chi connectivity index (χ3n) is 3.79. The van der Waals surface area contributed by atoms with Gasteiger partial charge in [0.15, 0.2) is 11.7 Å². The minimum Gasteiger partial charge on any atom is -0.484 e. The van der Waals surface area contributed by atoms with Crippen LogP contribution < -0.4 is 10.1 Å². The van der Waals surface area contributed by atoms with Gasteiger partial charge < -0.3 is 9.47 Å². The molecule has 0 unspecified atom stereocenters. The van der Waals surface area contributed by atoms with Crippen LogP contribution in [0.4, 0.5) is 5.13 Å². The summed E-state index contributed by atoms with van der Waals surface area (Å²) in [6.45, 7) is 2.33. The highest BCUT2D eigenvalue weighted by Gasteiger charge is 2.12. The van der Waals surface area contributed by atoms with Crippen LogP contribution >= 0.6 is 27.3 Å². The molecule has 2 aromatic carbocycles. The van der Waals surface area contributed by atoms with Crippen LogP contribution in [-0.2, 0) is 9.53 Å². The number of hydrogen-bond acceptors (Lipinski definition) is 6. The van der Waals surface area contributed by atoms with Crippen LogP contribution in [0.25, 0.3) is 10.2 Å². The van der Waals surface area contributed by atoms with E-state index in [-0.39, 0.29) is 18.5 Å². The van der Waals surface area contributed by atoms with Gasteiger partial charge in [-0.15, -0.1) is 0 Å². The van der Waals surface area contributed by atoms with Crippen molar-refractivity contribution in [3.8, 4) is 5.75 Å². The fourth-order valence-electron chi connectivity index (χ4n) is 2.33. The van der Waals surface area contributed by atoms with Crippen LogP contribution in [-0.4, -0.2) is 30.1 Å². The molecular weight excluding hydrogens is 444 g/mol. The van der Waals surface area contributed by atoms with Crippen molar-refractivity contribution < 1.29 is 19.1 Å². The number of ether oxygens (including phenoxy) is 2. The van der Waals surface area contributed by atoms with Crippen molar-refractivity contribution in [3.05, 3.63) is 52.5 Å². The number of unbranched alkanes of at least 4 members (excludes halogenated alkanes) is 1. The lowest BCUT2D eigenvalue weighted by atomic mass is 10.2. The van der Waals surface area contributed by atoms with Gasteiger partial charge in [-0.1, -0.05) is 40.6 Å². The van der Waals surface area contributed by atoms with Crippen LogP contribution in [0, 0.1) is 0 Å². The molecule has 0 bridgehead atoms. The zero-order valence-electron chi connectivity index (χ0n) is 15.2. The monoisotopic (exact) mass is 462 g/mol. The molecule has 0 aliphatic carbocycles. The lowest BCUT2D eigenvalue weighted by molar-refractivity contribution is -0.118. The first-order valence-corrected chi connectivity index (χ1v) is 10.4. The maximum absolute atomic E-state index is 12.1. The molecule has 0 spiro atoms. The molecule has 0 saturated heterocycles. The van der Waals surface area contributed by atoms with Crippen molar-refractivity contribution in [1.82, 2.24) is 4.98 Å². The van der Waals surface area contributed by atoms with Gasteiger partial charge in [-0.2, -0.15) is 0 Å². The minimum atomic E-state index is -0.350. The number of thiazole rings is 1. The molecule has 1 aromatic heterocycles. The highest BCUT2D eigenvalue weighted by molar-refractivity contribution is 9.10. The topological polar surface area (TPSA) is 77.5 Å². The number of nitrogens with zero attached hydrogens (tertiary/aromatic N) is 1. The lowest BCUT2D eigenvalue weighted by Gasteiger charge is -2.05. The van der Waals surface area contributed by atoms with E-state index in [0.717, 1.165) is 22.0 Å². The van der Waals surface area contributed by atoms with Gasteiger partial charge in [0, 0.05) is 4.47 Å². The number of rotatable bonds is 8. The second-order valence-corrected chi connectivity index (χ2v) is 7.93. The minimum absolute atomic E-state index is 0.118. The summed E-state index contributed by atoms with van der Waals surface area (Å²) in [5.74, 6) is -0.0488. The Kier molecular flexibility index (Phi) is 7.00. The normalized spacial score (nSPS) is 10.6. The number of fused-ring (bicyclic) bond motifs is 1. The molecule has 8 heteroatoms. The van der Waals surface area contributed by atoms with Crippen LogP contribution in [0.15, 0.2) is 46.9 Å². The molecule has 1 heterocycles. The van der Waals surface area contributed by atoms with Gasteiger partial charge in [0.05, 0.1) is 22.4 Å². The molecule has 3 aromatic rings. The highest BCUT2D eigenvalue weighted by Crippen LogP contribution is 2.27. The number of halogens is 1. The van der Waals surface area contributed by atoms with E-state index in [2.05, 4.69) is 26.2 Å². The first-order chi connectivity index (χ1) is 13.5. The number of amides is 1. The van der Waals surface area contributed by atoms with Crippen LogP contribution in [0.5, 0.6) is 5.75 Å². The standard InChI is InChI=1S/C20H19BrN2O4S/c1-2-3-10-26-19(25)13-4-9-16-17(11-13)28-20(22-16)23-18(24)12-27-15-7-5-14(21)6-8-15/h4-9,11H,2-3,10,12H2,1H3,(H,22,23,24). The fourth-order valence-corrected chi connectivity index (χ4v) is 3.52. The Balaban J connectivity index is 1.59. The van der Waals surface area contributed by atoms with Gasteiger partial charge in [0.1, 0.15) is 5.75 Å². The molecule has 0 radical (unpaired) electrons. The summed E-state index contributed by atoms with van der Waals surface area (Å²) < 4.78 is 12.4. The Morgan fingerprint density at radius 3 is 2.71 bits per heavy atom. The summed E-state index contributed by atoms with van der Waals surface area (Å²) >= 11 is 4.64. The molecule has 1 amide bonds. The number of esters is 1. The van der Waals surface area contributed by atoms with Crippen molar-refractivity contribution in [2.24, 2.45) is 0 Å². The molecule has 0 aliphatic rings. The Labute approximate surface area is 175 Å². The Hall–Kier alpha value is -2.45. The highest BCUT2D eigenvalue weighted by atomic mass is 79.9. The smallest absolute Gasteiger partial charge is 0.338 e. The average Bonchev–Trinajstić information content (AvgIpc) is 3.09. The quantitative estimate of drug-likeness (QED) is 0.375. The van der Waals surface area contributed by atoms with Gasteiger partial charge in [0.25, 0.3) is 5.91 Å². The number of nitrogens with one attached hydrogen (secondary N) is 1. The van der Waals surface area contributed by atoms with Crippen molar-refractivity contribution in [2.75, 3.05) is 18.5 Å². The Morgan fingerprint density at radius 2 is 1.96 bits per heavy atom. The molecule has 0 aliphatic heterocycles. The molecule has 1 N–H and O–H groups in total. The van der Waals surface area contributed by atoms with E-state index >= 15 is 0 Å². The van der Waals surface area contributed by atoms with E-state index in [0.29, 0.717) is 28.6 Å². The maximum Gasteiger partial charge on any atom is 0.338 e. The van der Waals surface area contributed by atoms with Gasteiger partial charge in [0.2, 0.25) is 0 Å². The molecule has 0 atom stereocenters. The summed E-state index contributed by atoms with van der Waals surface area (Å²) in [7, 11) is 0.